The van der Waals surface area contributed by atoms with Gasteiger partial charge in [0, 0.05) is 37.8 Å². The summed E-state index contributed by atoms with van der Waals surface area (Å²) in [5, 5.41) is 4.13. The molecule has 0 aliphatic rings. The van der Waals surface area contributed by atoms with Gasteiger partial charge in [-0.25, -0.2) is 4.79 Å². The fourth-order valence-electron chi connectivity index (χ4n) is 2.42. The van der Waals surface area contributed by atoms with Crippen LogP contribution in [0.4, 0.5) is 0 Å². The van der Waals surface area contributed by atoms with E-state index in [1.807, 2.05) is 17.5 Å². The Bertz CT molecular complexity index is 806. The molecular formula is C16H17N3O3S. The maximum atomic E-state index is 11.4. The van der Waals surface area contributed by atoms with Crippen LogP contribution in [0.3, 0.4) is 0 Å². The van der Waals surface area contributed by atoms with Gasteiger partial charge in [-0.05, 0) is 34.5 Å². The molecule has 3 rings (SSSR count). The summed E-state index contributed by atoms with van der Waals surface area (Å²) in [6.07, 6.45) is 2.43. The Kier molecular flexibility index (Phi) is 4.89. The van der Waals surface area contributed by atoms with Crippen molar-refractivity contribution in [3.05, 3.63) is 79.1 Å². The number of rotatable bonds is 7. The monoisotopic (exact) mass is 331 g/mol. The zero-order valence-electron chi connectivity index (χ0n) is 12.5. The third-order valence-corrected chi connectivity index (χ3v) is 4.18. The van der Waals surface area contributed by atoms with Crippen molar-refractivity contribution in [1.82, 2.24) is 14.9 Å². The van der Waals surface area contributed by atoms with Crippen molar-refractivity contribution in [2.24, 2.45) is 0 Å². The molecule has 7 heteroatoms. The number of thiophene rings is 1. The molecule has 0 bridgehead atoms. The van der Waals surface area contributed by atoms with Crippen molar-refractivity contribution < 1.29 is 4.42 Å². The highest BCUT2D eigenvalue weighted by Gasteiger charge is 2.10. The molecule has 3 aromatic rings. The second-order valence-corrected chi connectivity index (χ2v) is 6.06. The van der Waals surface area contributed by atoms with Gasteiger partial charge >= 0.3 is 5.69 Å². The van der Waals surface area contributed by atoms with Crippen LogP contribution in [-0.2, 0) is 19.5 Å². The van der Waals surface area contributed by atoms with E-state index in [4.69, 9.17) is 4.42 Å². The van der Waals surface area contributed by atoms with Crippen LogP contribution in [-0.4, -0.2) is 21.4 Å². The number of aromatic nitrogens is 2. The Morgan fingerprint density at radius 3 is 2.78 bits per heavy atom. The molecule has 3 heterocycles. The van der Waals surface area contributed by atoms with Gasteiger partial charge in [0.2, 0.25) is 0 Å². The van der Waals surface area contributed by atoms with Crippen LogP contribution in [0.25, 0.3) is 0 Å². The predicted octanol–water partition coefficient (Wildman–Crippen LogP) is 1.96. The summed E-state index contributed by atoms with van der Waals surface area (Å²) in [5.74, 6) is 0.916. The van der Waals surface area contributed by atoms with E-state index in [-0.39, 0.29) is 5.56 Å². The standard InChI is InChI=1S/C16H17N3O3S/c20-15-8-13(17-16(21)18-15)10-19(9-12-4-7-23-11-12)5-3-14-2-1-6-22-14/h1-2,4,6-8,11H,3,5,9-10H2,(H2,17,18,20,21). The number of nitrogens with one attached hydrogen (secondary N) is 2. The van der Waals surface area contributed by atoms with E-state index in [1.54, 1.807) is 17.6 Å². The van der Waals surface area contributed by atoms with Crippen molar-refractivity contribution in [2.75, 3.05) is 6.54 Å². The Balaban J connectivity index is 1.73. The van der Waals surface area contributed by atoms with E-state index in [0.29, 0.717) is 12.2 Å². The Morgan fingerprint density at radius 2 is 2.09 bits per heavy atom. The van der Waals surface area contributed by atoms with Crippen molar-refractivity contribution in [3.8, 4) is 0 Å². The summed E-state index contributed by atoms with van der Waals surface area (Å²) in [7, 11) is 0. The molecule has 0 aliphatic carbocycles. The van der Waals surface area contributed by atoms with Crippen molar-refractivity contribution in [2.45, 2.75) is 19.5 Å². The van der Waals surface area contributed by atoms with E-state index in [0.717, 1.165) is 25.3 Å². The third kappa shape index (κ3) is 4.54. The molecule has 0 saturated carbocycles. The van der Waals surface area contributed by atoms with Gasteiger partial charge in [-0.2, -0.15) is 11.3 Å². The smallest absolute Gasteiger partial charge is 0.325 e. The summed E-state index contributed by atoms with van der Waals surface area (Å²) in [5.41, 5.74) is 0.953. The maximum Gasteiger partial charge on any atom is 0.325 e. The van der Waals surface area contributed by atoms with Crippen LogP contribution in [0.15, 0.2) is 55.3 Å². The number of hydrogen-bond donors (Lipinski definition) is 2. The zero-order chi connectivity index (χ0) is 16.1. The van der Waals surface area contributed by atoms with Gasteiger partial charge in [-0.15, -0.1) is 0 Å². The first-order valence-corrected chi connectivity index (χ1v) is 8.22. The van der Waals surface area contributed by atoms with Crippen LogP contribution in [0.2, 0.25) is 0 Å². The quantitative estimate of drug-likeness (QED) is 0.693. The highest BCUT2D eigenvalue weighted by Crippen LogP contribution is 2.12. The van der Waals surface area contributed by atoms with Gasteiger partial charge in [-0.3, -0.25) is 14.7 Å². The van der Waals surface area contributed by atoms with E-state index >= 15 is 0 Å². The zero-order valence-corrected chi connectivity index (χ0v) is 13.3. The van der Waals surface area contributed by atoms with E-state index in [2.05, 4.69) is 26.3 Å². The van der Waals surface area contributed by atoms with Gasteiger partial charge in [0.15, 0.2) is 0 Å². The van der Waals surface area contributed by atoms with Gasteiger partial charge < -0.3 is 9.40 Å². The Morgan fingerprint density at radius 1 is 1.17 bits per heavy atom. The van der Waals surface area contributed by atoms with Gasteiger partial charge in [0.25, 0.3) is 5.56 Å². The lowest BCUT2D eigenvalue weighted by Crippen LogP contribution is -2.29. The van der Waals surface area contributed by atoms with Crippen LogP contribution < -0.4 is 11.2 Å². The molecule has 23 heavy (non-hydrogen) atoms. The predicted molar refractivity (Wildman–Crippen MR) is 88.5 cm³/mol. The van der Waals surface area contributed by atoms with Gasteiger partial charge in [0.05, 0.1) is 6.26 Å². The molecule has 0 radical (unpaired) electrons. The number of aromatic amines is 2. The SMILES string of the molecule is O=c1cc(CN(CCc2ccco2)Cc2ccsc2)[nH]c(=O)[nH]1. The van der Waals surface area contributed by atoms with Gasteiger partial charge in [-0.1, -0.05) is 0 Å². The fraction of sp³-hybridized carbons (Fsp3) is 0.250. The molecule has 0 aliphatic heterocycles. The largest absolute Gasteiger partial charge is 0.469 e. The minimum Gasteiger partial charge on any atom is -0.469 e. The number of H-pyrrole nitrogens is 2. The van der Waals surface area contributed by atoms with Crippen LogP contribution >= 0.6 is 11.3 Å². The molecule has 0 aromatic carbocycles. The lowest BCUT2D eigenvalue weighted by molar-refractivity contribution is 0.250. The molecule has 0 amide bonds. The lowest BCUT2D eigenvalue weighted by Gasteiger charge is -2.21. The molecule has 0 atom stereocenters. The second-order valence-electron chi connectivity index (χ2n) is 5.28. The first kappa shape index (κ1) is 15.5. The molecule has 0 unspecified atom stereocenters. The van der Waals surface area contributed by atoms with Crippen LogP contribution in [0.1, 0.15) is 17.0 Å². The maximum absolute atomic E-state index is 11.4. The minimum atomic E-state index is -0.478. The highest BCUT2D eigenvalue weighted by molar-refractivity contribution is 7.07. The average Bonchev–Trinajstić information content (AvgIpc) is 3.17. The molecular weight excluding hydrogens is 314 g/mol. The van der Waals surface area contributed by atoms with Crippen molar-refractivity contribution in [1.29, 1.82) is 0 Å². The molecule has 0 fully saturated rings. The average molecular weight is 331 g/mol. The fourth-order valence-corrected chi connectivity index (χ4v) is 3.08. The first-order chi connectivity index (χ1) is 11.2. The minimum absolute atomic E-state index is 0.384. The van der Waals surface area contributed by atoms with Crippen LogP contribution in [0.5, 0.6) is 0 Å². The Labute approximate surface area is 136 Å². The molecule has 0 saturated heterocycles. The number of furan rings is 1. The van der Waals surface area contributed by atoms with E-state index in [1.165, 1.54) is 11.6 Å². The normalized spacial score (nSPS) is 11.2. The highest BCUT2D eigenvalue weighted by atomic mass is 32.1. The van der Waals surface area contributed by atoms with Crippen molar-refractivity contribution >= 4 is 11.3 Å². The summed E-state index contributed by atoms with van der Waals surface area (Å²) in [4.78, 5) is 29.9. The number of hydrogen-bond acceptors (Lipinski definition) is 5. The summed E-state index contributed by atoms with van der Waals surface area (Å²) < 4.78 is 5.37. The van der Waals surface area contributed by atoms with Gasteiger partial charge in [0.1, 0.15) is 5.76 Å². The summed E-state index contributed by atoms with van der Waals surface area (Å²) in [6, 6.07) is 7.31. The Hall–Kier alpha value is -2.38. The molecule has 0 spiro atoms. The third-order valence-electron chi connectivity index (χ3n) is 3.45. The summed E-state index contributed by atoms with van der Waals surface area (Å²) in [6.45, 7) is 2.01. The van der Waals surface area contributed by atoms with E-state index < -0.39 is 5.69 Å². The lowest BCUT2D eigenvalue weighted by atomic mass is 10.2. The second kappa shape index (κ2) is 7.26. The summed E-state index contributed by atoms with van der Waals surface area (Å²) >= 11 is 1.65. The molecule has 2 N–H and O–H groups in total. The molecule has 6 nitrogen and oxygen atoms in total. The molecule has 3 aromatic heterocycles. The molecule has 120 valence electrons. The first-order valence-electron chi connectivity index (χ1n) is 7.27. The van der Waals surface area contributed by atoms with Crippen LogP contribution in [0, 0.1) is 0 Å². The number of nitrogens with zero attached hydrogens (tertiary/aromatic N) is 1. The van der Waals surface area contributed by atoms with E-state index in [9.17, 15) is 9.59 Å². The van der Waals surface area contributed by atoms with Crippen molar-refractivity contribution in [3.63, 3.8) is 0 Å². The topological polar surface area (TPSA) is 82.1 Å².